The second-order valence-corrected chi connectivity index (χ2v) is 4.08. The Labute approximate surface area is 122 Å². The molecule has 0 aliphatic heterocycles. The molecule has 10 heteroatoms. The van der Waals surface area contributed by atoms with Gasteiger partial charge in [-0.1, -0.05) is 0 Å². The van der Waals surface area contributed by atoms with Gasteiger partial charge in [-0.2, -0.15) is 13.2 Å². The fourth-order valence-corrected chi connectivity index (χ4v) is 1.55. The summed E-state index contributed by atoms with van der Waals surface area (Å²) < 4.78 is 41.7. The lowest BCUT2D eigenvalue weighted by Crippen LogP contribution is -2.43. The Morgan fingerprint density at radius 1 is 1.36 bits per heavy atom. The van der Waals surface area contributed by atoms with Gasteiger partial charge in [0.15, 0.2) is 0 Å². The minimum Gasteiger partial charge on any atom is -0.480 e. The number of rotatable bonds is 5. The molecule has 120 valence electrons. The van der Waals surface area contributed by atoms with Gasteiger partial charge in [-0.25, -0.2) is 4.79 Å². The molecule has 0 fully saturated rings. The van der Waals surface area contributed by atoms with E-state index >= 15 is 0 Å². The van der Waals surface area contributed by atoms with Gasteiger partial charge >= 0.3 is 24.0 Å². The van der Waals surface area contributed by atoms with Gasteiger partial charge in [0.05, 0.1) is 24.9 Å². The largest absolute Gasteiger partial charge is 0.480 e. The molecule has 1 aromatic heterocycles. The van der Waals surface area contributed by atoms with Crippen molar-refractivity contribution >= 4 is 17.8 Å². The van der Waals surface area contributed by atoms with Gasteiger partial charge in [-0.3, -0.25) is 14.6 Å². The number of hydrogen-bond donors (Lipinski definition) is 1. The van der Waals surface area contributed by atoms with E-state index in [1.807, 2.05) is 0 Å². The second kappa shape index (κ2) is 6.87. The molecule has 1 aromatic rings. The van der Waals surface area contributed by atoms with E-state index in [4.69, 9.17) is 5.11 Å². The number of amides is 1. The second-order valence-electron chi connectivity index (χ2n) is 4.08. The molecule has 0 bridgehead atoms. The molecule has 0 saturated carbocycles. The molecule has 0 radical (unpaired) electrons. The highest BCUT2D eigenvalue weighted by molar-refractivity contribution is 5.89. The van der Waals surface area contributed by atoms with Crippen molar-refractivity contribution in [1.29, 1.82) is 0 Å². The van der Waals surface area contributed by atoms with Crippen LogP contribution in [0.4, 0.5) is 13.2 Å². The van der Waals surface area contributed by atoms with Crippen LogP contribution in [0.3, 0.4) is 0 Å². The van der Waals surface area contributed by atoms with E-state index in [0.717, 1.165) is 19.4 Å². The first-order valence-electron chi connectivity index (χ1n) is 5.76. The highest BCUT2D eigenvalue weighted by Crippen LogP contribution is 2.19. The minimum atomic E-state index is -5.21. The number of hydrogen-bond acceptors (Lipinski definition) is 5. The third-order valence-electron chi connectivity index (χ3n) is 2.45. The lowest BCUT2D eigenvalue weighted by Gasteiger charge is -2.21. The topological polar surface area (TPSA) is 96.8 Å². The molecule has 1 heterocycles. The Hall–Kier alpha value is -2.65. The summed E-state index contributed by atoms with van der Waals surface area (Å²) in [6, 6.07) is 2.38. The summed E-state index contributed by atoms with van der Waals surface area (Å²) in [4.78, 5) is 36.9. The van der Waals surface area contributed by atoms with Crippen LogP contribution in [0.15, 0.2) is 18.3 Å². The fourth-order valence-electron chi connectivity index (χ4n) is 1.55. The van der Waals surface area contributed by atoms with Crippen LogP contribution in [-0.2, 0) is 20.9 Å². The average molecular weight is 320 g/mol. The van der Waals surface area contributed by atoms with Crippen LogP contribution in [0.2, 0.25) is 0 Å². The zero-order chi connectivity index (χ0) is 16.9. The smallest absolute Gasteiger partial charge is 0.471 e. The maximum atomic E-state index is 12.4. The van der Waals surface area contributed by atoms with Crippen LogP contribution in [0, 0.1) is 0 Å². The summed E-state index contributed by atoms with van der Waals surface area (Å²) in [5.41, 5.74) is -0.0658. The Morgan fingerprint density at radius 3 is 2.50 bits per heavy atom. The predicted molar refractivity (Wildman–Crippen MR) is 64.7 cm³/mol. The average Bonchev–Trinajstić information content (AvgIpc) is 2.43. The first kappa shape index (κ1) is 17.4. The Kier molecular flexibility index (Phi) is 5.44. The maximum Gasteiger partial charge on any atom is 0.471 e. The summed E-state index contributed by atoms with van der Waals surface area (Å²) in [5, 5.41) is 8.60. The molecule has 0 unspecified atom stereocenters. The van der Waals surface area contributed by atoms with Crippen molar-refractivity contribution in [3.05, 3.63) is 29.6 Å². The van der Waals surface area contributed by atoms with E-state index in [9.17, 15) is 27.6 Å². The summed E-state index contributed by atoms with van der Waals surface area (Å²) in [6.07, 6.45) is -4.08. The van der Waals surface area contributed by atoms with E-state index < -0.39 is 37.1 Å². The number of carboxylic acid groups (broad SMARTS) is 1. The first-order valence-corrected chi connectivity index (χ1v) is 5.76. The van der Waals surface area contributed by atoms with Crippen LogP contribution < -0.4 is 0 Å². The minimum absolute atomic E-state index is 0.0160. The number of esters is 1. The summed E-state index contributed by atoms with van der Waals surface area (Å²) in [6.45, 7) is -1.86. The van der Waals surface area contributed by atoms with Gasteiger partial charge in [0.25, 0.3) is 0 Å². The first-order chi connectivity index (χ1) is 10.1. The summed E-state index contributed by atoms with van der Waals surface area (Å²) >= 11 is 0. The van der Waals surface area contributed by atoms with E-state index in [1.165, 1.54) is 6.07 Å². The number of nitrogens with zero attached hydrogens (tertiary/aromatic N) is 2. The normalized spacial score (nSPS) is 10.9. The van der Waals surface area contributed by atoms with E-state index in [0.29, 0.717) is 0 Å². The van der Waals surface area contributed by atoms with Gasteiger partial charge in [0.2, 0.25) is 0 Å². The Bertz CT molecular complexity index is 588. The zero-order valence-corrected chi connectivity index (χ0v) is 11.3. The van der Waals surface area contributed by atoms with E-state index in [2.05, 4.69) is 9.72 Å². The number of pyridine rings is 1. The van der Waals surface area contributed by atoms with Gasteiger partial charge in [0, 0.05) is 6.20 Å². The molecule has 0 atom stereocenters. The lowest BCUT2D eigenvalue weighted by molar-refractivity contribution is -0.187. The molecule has 1 rings (SSSR count). The van der Waals surface area contributed by atoms with Gasteiger partial charge in [0.1, 0.15) is 6.54 Å². The van der Waals surface area contributed by atoms with Crippen molar-refractivity contribution in [1.82, 2.24) is 9.88 Å². The van der Waals surface area contributed by atoms with Crippen LogP contribution in [0.25, 0.3) is 0 Å². The molecular formula is C12H11F3N2O5. The number of methoxy groups -OCH3 is 1. The molecule has 7 nitrogen and oxygen atoms in total. The monoisotopic (exact) mass is 320 g/mol. The molecule has 1 amide bonds. The number of aliphatic carboxylic acids is 1. The number of halogens is 3. The zero-order valence-electron chi connectivity index (χ0n) is 11.3. The van der Waals surface area contributed by atoms with Crippen LogP contribution in [-0.4, -0.2) is 52.7 Å². The Morgan fingerprint density at radius 2 is 2.00 bits per heavy atom. The molecule has 0 spiro atoms. The predicted octanol–water partition coefficient (Wildman–Crippen LogP) is 0.844. The molecule has 0 saturated heterocycles. The lowest BCUT2D eigenvalue weighted by atomic mass is 10.2. The molecule has 22 heavy (non-hydrogen) atoms. The van der Waals surface area contributed by atoms with Crippen molar-refractivity contribution < 1.29 is 37.4 Å². The number of carbonyl (C=O) groups excluding carboxylic acids is 2. The number of alkyl halides is 3. The van der Waals surface area contributed by atoms with Crippen LogP contribution in [0.5, 0.6) is 0 Å². The van der Waals surface area contributed by atoms with Gasteiger partial charge < -0.3 is 14.7 Å². The molecule has 0 aromatic carbocycles. The van der Waals surface area contributed by atoms with E-state index in [-0.39, 0.29) is 16.2 Å². The number of carboxylic acids is 1. The number of carbonyl (C=O) groups is 3. The van der Waals surface area contributed by atoms with E-state index in [1.54, 1.807) is 0 Å². The molecular weight excluding hydrogens is 309 g/mol. The third-order valence-corrected chi connectivity index (χ3v) is 2.45. The molecule has 1 N–H and O–H groups in total. The summed E-state index contributed by atoms with van der Waals surface area (Å²) in [7, 11) is 1.12. The quantitative estimate of drug-likeness (QED) is 0.808. The van der Waals surface area contributed by atoms with Gasteiger partial charge in [-0.05, 0) is 12.1 Å². The van der Waals surface area contributed by atoms with Gasteiger partial charge in [-0.15, -0.1) is 0 Å². The molecule has 0 aliphatic rings. The number of ether oxygens (including phenoxy) is 1. The van der Waals surface area contributed by atoms with Crippen LogP contribution >= 0.6 is 0 Å². The van der Waals surface area contributed by atoms with Crippen LogP contribution in [0.1, 0.15) is 16.1 Å². The maximum absolute atomic E-state index is 12.4. The van der Waals surface area contributed by atoms with Crippen molar-refractivity contribution in [2.45, 2.75) is 12.7 Å². The van der Waals surface area contributed by atoms with Crippen molar-refractivity contribution in [2.24, 2.45) is 0 Å². The van der Waals surface area contributed by atoms with Crippen molar-refractivity contribution in [3.8, 4) is 0 Å². The van der Waals surface area contributed by atoms with Crippen molar-refractivity contribution in [2.75, 3.05) is 13.7 Å². The fraction of sp³-hybridized carbons (Fsp3) is 0.333. The summed E-state index contributed by atoms with van der Waals surface area (Å²) in [5.74, 6) is -4.66. The third kappa shape index (κ3) is 4.72. The highest BCUT2D eigenvalue weighted by Gasteiger charge is 2.43. The van der Waals surface area contributed by atoms with Crippen molar-refractivity contribution in [3.63, 3.8) is 0 Å². The SMILES string of the molecule is COC(=O)c1ccnc(CN(CC(=O)O)C(=O)C(F)(F)F)c1. The number of aromatic nitrogens is 1. The molecule has 0 aliphatic carbocycles. The highest BCUT2D eigenvalue weighted by atomic mass is 19.4. The Balaban J connectivity index is 3.02. The standard InChI is InChI=1S/C12H11F3N2O5/c1-22-10(20)7-2-3-16-8(4-7)5-17(6-9(18)19)11(21)12(13,14)15/h2-4H,5-6H2,1H3,(H,18,19).